The number of rotatable bonds is 54. The molecule has 444 valence electrons. The largest absolute Gasteiger partial charge is 0.756 e. The number of likely N-dealkylation sites (N-methyl/N-ethyl adjacent to an activating group) is 1. The molecular weight excluding hydrogens is 988 g/mol. The SMILES string of the molecule is CC/C=C\C/C=C\C/C=C\C/C=C\C/C=C\CCCCCCCCCC(=O)OC(/C=C\CCCCCCCCCCCC)C(COP(=O)([O-])OCC[N+](C)(C)C)NC(=O)CCC/C=C\C/C=C\C/C=C\C/C=C\C/C=C\CC. The van der Waals surface area contributed by atoms with Gasteiger partial charge in [0.1, 0.15) is 19.3 Å². The Morgan fingerprint density at radius 1 is 0.462 bits per heavy atom. The lowest BCUT2D eigenvalue weighted by Crippen LogP contribution is -2.47. The van der Waals surface area contributed by atoms with Crippen LogP contribution in [-0.2, 0) is 27.9 Å². The second-order valence-corrected chi connectivity index (χ2v) is 22.9. The number of nitrogens with zero attached hydrogens (tertiary/aromatic N) is 1. The average Bonchev–Trinajstić information content (AvgIpc) is 3.40. The average molecular weight is 1100 g/mol. The number of carbonyl (C=O) groups is 2. The van der Waals surface area contributed by atoms with Crippen LogP contribution >= 0.6 is 7.82 Å². The van der Waals surface area contributed by atoms with Gasteiger partial charge in [-0.05, 0) is 115 Å². The van der Waals surface area contributed by atoms with E-state index >= 15 is 0 Å². The van der Waals surface area contributed by atoms with Gasteiger partial charge in [-0.2, -0.15) is 0 Å². The first-order valence-electron chi connectivity index (χ1n) is 31.0. The normalized spacial score (nSPS) is 14.6. The zero-order valence-corrected chi connectivity index (χ0v) is 51.5. The highest BCUT2D eigenvalue weighted by Gasteiger charge is 2.27. The number of hydrogen-bond donors (Lipinski definition) is 1. The van der Waals surface area contributed by atoms with Crippen LogP contribution in [0.4, 0.5) is 0 Å². The van der Waals surface area contributed by atoms with E-state index in [1.165, 1.54) is 70.6 Å². The van der Waals surface area contributed by atoms with Crippen LogP contribution in [0.1, 0.15) is 233 Å². The third-order valence-electron chi connectivity index (χ3n) is 12.8. The Morgan fingerprint density at radius 2 is 0.833 bits per heavy atom. The second-order valence-electron chi connectivity index (χ2n) is 21.4. The summed E-state index contributed by atoms with van der Waals surface area (Å²) < 4.78 is 30.3. The summed E-state index contributed by atoms with van der Waals surface area (Å²) in [6.07, 6.45) is 80.0. The van der Waals surface area contributed by atoms with Gasteiger partial charge >= 0.3 is 5.97 Å². The van der Waals surface area contributed by atoms with Gasteiger partial charge in [0.25, 0.3) is 7.82 Å². The molecule has 0 fully saturated rings. The highest BCUT2D eigenvalue weighted by atomic mass is 31.2. The number of quaternary nitrogens is 1. The van der Waals surface area contributed by atoms with Crippen LogP contribution in [0, 0.1) is 0 Å². The first-order chi connectivity index (χ1) is 37.9. The van der Waals surface area contributed by atoms with Crippen LogP contribution < -0.4 is 10.2 Å². The minimum absolute atomic E-state index is 0.0423. The van der Waals surface area contributed by atoms with Crippen molar-refractivity contribution in [2.75, 3.05) is 40.9 Å². The number of phosphoric acid groups is 1. The summed E-state index contributed by atoms with van der Waals surface area (Å²) in [6.45, 7) is 6.54. The first kappa shape index (κ1) is 74.2. The standard InChI is InChI=1S/C68H115N2O7P/c1-7-10-13-16-19-22-25-28-30-32-33-34-35-36-37-39-41-43-46-49-52-55-58-61-68(72)77-66(59-56-53-50-47-44-27-24-21-18-15-12-9-3)65(64-76-78(73,74)75-63-62-70(4,5)6)69-67(71)60-57-54-51-48-45-42-40-38-31-29-26-23-20-17-14-11-8-2/h10-11,13-14,19-20,22-23,28-31,33-34,36-37,40,42,48,51,56,59,65-66H,7-9,12,15-18,21,24-27,32,35,38-39,41,43-47,49-50,52-55,57-58,60-64H2,1-6H3,(H-,69,71,73,74)/b13-10-,14-11-,22-19-,23-20-,30-28-,31-29-,34-33-,37-36-,42-40-,51-48-,59-56-. The van der Waals surface area contributed by atoms with Gasteiger partial charge in [-0.25, -0.2) is 0 Å². The van der Waals surface area contributed by atoms with Crippen molar-refractivity contribution in [2.45, 2.75) is 245 Å². The maximum absolute atomic E-state index is 13.5. The molecule has 0 aromatic heterocycles. The van der Waals surface area contributed by atoms with Crippen molar-refractivity contribution in [1.29, 1.82) is 0 Å². The molecule has 1 N–H and O–H groups in total. The Kier molecular flexibility index (Phi) is 53.6. The van der Waals surface area contributed by atoms with Crippen LogP contribution in [0.3, 0.4) is 0 Å². The van der Waals surface area contributed by atoms with Crippen molar-refractivity contribution >= 4 is 19.7 Å². The highest BCUT2D eigenvalue weighted by molar-refractivity contribution is 7.45. The monoisotopic (exact) mass is 1100 g/mol. The van der Waals surface area contributed by atoms with E-state index in [1.807, 2.05) is 33.3 Å². The number of phosphoric ester groups is 1. The Bertz CT molecular complexity index is 1800. The maximum atomic E-state index is 13.5. The summed E-state index contributed by atoms with van der Waals surface area (Å²) in [5, 5.41) is 2.99. The van der Waals surface area contributed by atoms with Crippen molar-refractivity contribution in [3.63, 3.8) is 0 Å². The topological polar surface area (TPSA) is 114 Å². The van der Waals surface area contributed by atoms with E-state index in [9.17, 15) is 19.0 Å². The van der Waals surface area contributed by atoms with Crippen LogP contribution in [0.5, 0.6) is 0 Å². The molecule has 0 bridgehead atoms. The summed E-state index contributed by atoms with van der Waals surface area (Å²) in [4.78, 5) is 40.0. The van der Waals surface area contributed by atoms with Crippen molar-refractivity contribution in [3.05, 3.63) is 134 Å². The zero-order chi connectivity index (χ0) is 57.2. The molecule has 0 aliphatic rings. The summed E-state index contributed by atoms with van der Waals surface area (Å²) in [5.41, 5.74) is 0. The third kappa shape index (κ3) is 56.9. The molecule has 1 amide bonds. The van der Waals surface area contributed by atoms with Gasteiger partial charge in [0, 0.05) is 12.8 Å². The molecule has 0 radical (unpaired) electrons. The van der Waals surface area contributed by atoms with Gasteiger partial charge < -0.3 is 28.5 Å². The molecule has 0 saturated carbocycles. The van der Waals surface area contributed by atoms with E-state index in [2.05, 4.69) is 148 Å². The first-order valence-corrected chi connectivity index (χ1v) is 32.5. The molecule has 3 unspecified atom stereocenters. The molecule has 3 atom stereocenters. The lowest BCUT2D eigenvalue weighted by Gasteiger charge is -2.30. The number of carbonyl (C=O) groups excluding carboxylic acids is 2. The van der Waals surface area contributed by atoms with E-state index in [4.69, 9.17) is 13.8 Å². The van der Waals surface area contributed by atoms with E-state index in [1.54, 1.807) is 0 Å². The Labute approximate surface area is 479 Å². The molecule has 0 saturated heterocycles. The highest BCUT2D eigenvalue weighted by Crippen LogP contribution is 2.38. The number of ether oxygens (including phenoxy) is 1. The number of unbranched alkanes of at least 4 members (excludes halogenated alkanes) is 18. The summed E-state index contributed by atoms with van der Waals surface area (Å²) >= 11 is 0. The van der Waals surface area contributed by atoms with Gasteiger partial charge in [0.05, 0.1) is 33.8 Å². The molecule has 0 rings (SSSR count). The number of amides is 1. The van der Waals surface area contributed by atoms with Crippen LogP contribution in [0.2, 0.25) is 0 Å². The van der Waals surface area contributed by atoms with Gasteiger partial charge in [-0.15, -0.1) is 0 Å². The fraction of sp³-hybridized carbons (Fsp3) is 0.647. The molecule has 9 nitrogen and oxygen atoms in total. The van der Waals surface area contributed by atoms with E-state index in [-0.39, 0.29) is 31.3 Å². The lowest BCUT2D eigenvalue weighted by molar-refractivity contribution is -0.870. The van der Waals surface area contributed by atoms with E-state index in [0.29, 0.717) is 23.9 Å². The third-order valence-corrected chi connectivity index (χ3v) is 13.8. The van der Waals surface area contributed by atoms with E-state index in [0.717, 1.165) is 116 Å². The van der Waals surface area contributed by atoms with Crippen LogP contribution in [0.15, 0.2) is 134 Å². The molecule has 0 aromatic rings. The van der Waals surface area contributed by atoms with Crippen molar-refractivity contribution in [2.24, 2.45) is 0 Å². The molecular formula is C68H115N2O7P. The second kappa shape index (κ2) is 56.4. The Hall–Kier alpha value is -3.85. The molecule has 0 heterocycles. The molecule has 78 heavy (non-hydrogen) atoms. The molecule has 0 aromatic carbocycles. The Morgan fingerprint density at radius 3 is 1.26 bits per heavy atom. The van der Waals surface area contributed by atoms with Gasteiger partial charge in [-0.1, -0.05) is 238 Å². The van der Waals surface area contributed by atoms with Crippen LogP contribution in [0.25, 0.3) is 0 Å². The summed E-state index contributed by atoms with van der Waals surface area (Å²) in [6, 6.07) is -0.932. The van der Waals surface area contributed by atoms with Crippen molar-refractivity contribution < 1.29 is 37.3 Å². The van der Waals surface area contributed by atoms with E-state index < -0.39 is 26.6 Å². The predicted molar refractivity (Wildman–Crippen MR) is 334 cm³/mol. The number of esters is 1. The summed E-state index contributed by atoms with van der Waals surface area (Å²) in [7, 11) is 1.12. The van der Waals surface area contributed by atoms with Crippen molar-refractivity contribution in [1.82, 2.24) is 5.32 Å². The molecule has 0 aliphatic carbocycles. The minimum Gasteiger partial charge on any atom is -0.756 e. The number of hydrogen-bond acceptors (Lipinski definition) is 7. The smallest absolute Gasteiger partial charge is 0.306 e. The fourth-order valence-electron chi connectivity index (χ4n) is 8.11. The van der Waals surface area contributed by atoms with Gasteiger partial charge in [-0.3, -0.25) is 14.2 Å². The van der Waals surface area contributed by atoms with Crippen molar-refractivity contribution in [3.8, 4) is 0 Å². The minimum atomic E-state index is -4.73. The van der Waals surface area contributed by atoms with Gasteiger partial charge in [0.2, 0.25) is 5.91 Å². The Balaban J connectivity index is 5.34. The maximum Gasteiger partial charge on any atom is 0.306 e. The van der Waals surface area contributed by atoms with Gasteiger partial charge in [0.15, 0.2) is 0 Å². The van der Waals surface area contributed by atoms with Crippen LogP contribution in [-0.4, -0.2) is 69.4 Å². The fourth-order valence-corrected chi connectivity index (χ4v) is 8.84. The predicted octanol–water partition coefficient (Wildman–Crippen LogP) is 18.6. The number of nitrogens with one attached hydrogen (secondary N) is 1. The zero-order valence-electron chi connectivity index (χ0n) is 50.6. The summed E-state index contributed by atoms with van der Waals surface area (Å²) in [5.74, 6) is -0.632. The molecule has 10 heteroatoms. The lowest BCUT2D eigenvalue weighted by atomic mass is 10.1. The molecule has 0 aliphatic heterocycles. The molecule has 0 spiro atoms. The number of allylic oxidation sites excluding steroid dienone is 21. The quantitative estimate of drug-likeness (QED) is 0.0212.